The van der Waals surface area contributed by atoms with Crippen LogP contribution >= 0.6 is 0 Å². The van der Waals surface area contributed by atoms with Gasteiger partial charge in [0.2, 0.25) is 5.91 Å². The number of hydrogen-bond donors (Lipinski definition) is 1. The fraction of sp³-hybridized carbons (Fsp3) is 0.421. The maximum atomic E-state index is 12.7. The van der Waals surface area contributed by atoms with Crippen molar-refractivity contribution in [3.8, 4) is 0 Å². The Balaban J connectivity index is 1.68. The van der Waals surface area contributed by atoms with Gasteiger partial charge in [-0.15, -0.1) is 0 Å². The summed E-state index contributed by atoms with van der Waals surface area (Å²) >= 11 is 0. The van der Waals surface area contributed by atoms with Gasteiger partial charge in [0.25, 0.3) is 5.91 Å². The Labute approximate surface area is 153 Å². The van der Waals surface area contributed by atoms with Crippen LogP contribution in [0.3, 0.4) is 0 Å². The average Bonchev–Trinajstić information content (AvgIpc) is 3.11. The molecule has 2 amide bonds. The highest BCUT2D eigenvalue weighted by molar-refractivity contribution is 5.92. The van der Waals surface area contributed by atoms with E-state index in [0.717, 1.165) is 13.0 Å². The molecule has 1 saturated heterocycles. The quantitative estimate of drug-likeness (QED) is 0.850. The van der Waals surface area contributed by atoms with Crippen LogP contribution in [-0.4, -0.2) is 70.4 Å². The van der Waals surface area contributed by atoms with Crippen molar-refractivity contribution < 1.29 is 9.59 Å². The Morgan fingerprint density at radius 1 is 1.23 bits per heavy atom. The molecule has 1 N–H and O–H groups in total. The summed E-state index contributed by atoms with van der Waals surface area (Å²) in [6, 6.07) is 9.88. The zero-order valence-corrected chi connectivity index (χ0v) is 15.3. The number of nitrogens with zero attached hydrogens (tertiary/aromatic N) is 4. The van der Waals surface area contributed by atoms with Gasteiger partial charge in [-0.3, -0.25) is 14.5 Å². The normalized spacial score (nSPS) is 17.9. The topological polar surface area (TPSA) is 70.5 Å². The first-order valence-corrected chi connectivity index (χ1v) is 8.86. The number of carbonyl (C=O) groups is 2. The number of amides is 2. The molecule has 0 spiro atoms. The number of hydrogen-bond acceptors (Lipinski definition) is 4. The molecule has 0 saturated carbocycles. The van der Waals surface area contributed by atoms with Crippen LogP contribution in [0.1, 0.15) is 16.2 Å². The molecule has 0 unspecified atom stereocenters. The van der Waals surface area contributed by atoms with Crippen LogP contribution in [0.25, 0.3) is 0 Å². The van der Waals surface area contributed by atoms with Gasteiger partial charge >= 0.3 is 0 Å². The van der Waals surface area contributed by atoms with E-state index < -0.39 is 0 Å². The van der Waals surface area contributed by atoms with E-state index in [0.29, 0.717) is 25.5 Å². The van der Waals surface area contributed by atoms with E-state index in [1.807, 2.05) is 18.2 Å². The zero-order chi connectivity index (χ0) is 18.5. The summed E-state index contributed by atoms with van der Waals surface area (Å²) in [7, 11) is 3.43. The molecular formula is C19H25N5O2. The molecule has 3 rings (SSSR count). The first-order chi connectivity index (χ1) is 12.6. The van der Waals surface area contributed by atoms with Crippen molar-refractivity contribution in [3.63, 3.8) is 0 Å². The maximum absolute atomic E-state index is 12.7. The predicted octanol–water partition coefficient (Wildman–Crippen LogP) is 0.535. The molecule has 0 bridgehead atoms. The third-order valence-electron chi connectivity index (χ3n) is 4.87. The van der Waals surface area contributed by atoms with Crippen molar-refractivity contribution in [3.05, 3.63) is 54.1 Å². The number of aromatic nitrogens is 2. The SMILES string of the molecule is CNC(=O)[C@@H]1CN(C(=O)c2nccn2C)CCN1CCc1ccccc1. The van der Waals surface area contributed by atoms with Crippen molar-refractivity contribution in [1.29, 1.82) is 0 Å². The zero-order valence-electron chi connectivity index (χ0n) is 15.3. The molecule has 1 aliphatic heterocycles. The number of likely N-dealkylation sites (N-methyl/N-ethyl adjacent to an activating group) is 1. The van der Waals surface area contributed by atoms with Gasteiger partial charge in [0.15, 0.2) is 5.82 Å². The maximum Gasteiger partial charge on any atom is 0.289 e. The van der Waals surface area contributed by atoms with Gasteiger partial charge < -0.3 is 14.8 Å². The lowest BCUT2D eigenvalue weighted by Gasteiger charge is -2.40. The molecule has 138 valence electrons. The summed E-state index contributed by atoms with van der Waals surface area (Å²) in [5.74, 6) is 0.211. The van der Waals surface area contributed by atoms with Gasteiger partial charge in [-0.25, -0.2) is 4.98 Å². The van der Waals surface area contributed by atoms with E-state index in [2.05, 4.69) is 27.3 Å². The number of aryl methyl sites for hydroxylation is 1. The molecule has 1 aromatic heterocycles. The predicted molar refractivity (Wildman–Crippen MR) is 98.7 cm³/mol. The molecule has 1 aromatic carbocycles. The summed E-state index contributed by atoms with van der Waals surface area (Å²) in [6.45, 7) is 2.42. The second kappa shape index (κ2) is 8.14. The number of benzene rings is 1. The monoisotopic (exact) mass is 355 g/mol. The average molecular weight is 355 g/mol. The van der Waals surface area contributed by atoms with E-state index >= 15 is 0 Å². The fourth-order valence-electron chi connectivity index (χ4n) is 3.32. The van der Waals surface area contributed by atoms with Gasteiger partial charge in [-0.05, 0) is 12.0 Å². The Kier molecular flexibility index (Phi) is 5.68. The van der Waals surface area contributed by atoms with E-state index in [1.54, 1.807) is 36.0 Å². The second-order valence-corrected chi connectivity index (χ2v) is 6.51. The van der Waals surface area contributed by atoms with E-state index in [4.69, 9.17) is 0 Å². The number of piperazine rings is 1. The number of imidazole rings is 1. The standard InChI is InChI=1S/C19H25N5O2/c1-20-18(25)16-14-24(19(26)17-21-9-11-22(17)2)13-12-23(16)10-8-15-6-4-3-5-7-15/h3-7,9,11,16H,8,10,12-14H2,1-2H3,(H,20,25)/t16-/m0/s1. The lowest BCUT2D eigenvalue weighted by molar-refractivity contribution is -0.127. The highest BCUT2D eigenvalue weighted by atomic mass is 16.2. The molecule has 1 atom stereocenters. The van der Waals surface area contributed by atoms with Crippen LogP contribution in [-0.2, 0) is 18.3 Å². The van der Waals surface area contributed by atoms with Gasteiger partial charge in [0, 0.05) is 52.7 Å². The summed E-state index contributed by atoms with van der Waals surface area (Å²) in [4.78, 5) is 33.1. The largest absolute Gasteiger partial charge is 0.358 e. The van der Waals surface area contributed by atoms with Gasteiger partial charge in [0.1, 0.15) is 6.04 Å². The fourth-order valence-corrected chi connectivity index (χ4v) is 3.32. The first kappa shape index (κ1) is 18.1. The van der Waals surface area contributed by atoms with Crippen molar-refractivity contribution in [1.82, 2.24) is 24.7 Å². The third-order valence-corrected chi connectivity index (χ3v) is 4.87. The molecule has 0 aliphatic carbocycles. The van der Waals surface area contributed by atoms with Gasteiger partial charge in [-0.1, -0.05) is 30.3 Å². The van der Waals surface area contributed by atoms with E-state index in [-0.39, 0.29) is 17.9 Å². The minimum atomic E-state index is -0.346. The summed E-state index contributed by atoms with van der Waals surface area (Å²) < 4.78 is 1.71. The third kappa shape index (κ3) is 3.94. The second-order valence-electron chi connectivity index (χ2n) is 6.51. The summed E-state index contributed by atoms with van der Waals surface area (Å²) in [6.07, 6.45) is 4.24. The van der Waals surface area contributed by atoms with E-state index in [9.17, 15) is 9.59 Å². The smallest absolute Gasteiger partial charge is 0.289 e. The van der Waals surface area contributed by atoms with Crippen LogP contribution in [0, 0.1) is 0 Å². The minimum Gasteiger partial charge on any atom is -0.358 e. The molecule has 1 aliphatic rings. The Morgan fingerprint density at radius 3 is 2.65 bits per heavy atom. The van der Waals surface area contributed by atoms with E-state index in [1.165, 1.54) is 5.56 Å². The summed E-state index contributed by atoms with van der Waals surface area (Å²) in [5.41, 5.74) is 1.25. The molecule has 1 fully saturated rings. The van der Waals surface area contributed by atoms with Gasteiger partial charge in [-0.2, -0.15) is 0 Å². The van der Waals surface area contributed by atoms with Crippen LogP contribution in [0.4, 0.5) is 0 Å². The minimum absolute atomic E-state index is 0.0598. The highest BCUT2D eigenvalue weighted by Gasteiger charge is 2.34. The number of rotatable bonds is 5. The number of carbonyl (C=O) groups excluding carboxylic acids is 2. The Hall–Kier alpha value is -2.67. The van der Waals surface area contributed by atoms with Crippen molar-refractivity contribution >= 4 is 11.8 Å². The molecule has 7 nitrogen and oxygen atoms in total. The first-order valence-electron chi connectivity index (χ1n) is 8.86. The van der Waals surface area contributed by atoms with Crippen molar-refractivity contribution in [2.45, 2.75) is 12.5 Å². The van der Waals surface area contributed by atoms with Crippen LogP contribution in [0.15, 0.2) is 42.7 Å². The number of nitrogens with one attached hydrogen (secondary N) is 1. The molecule has 7 heteroatoms. The Morgan fingerprint density at radius 2 is 2.00 bits per heavy atom. The summed E-state index contributed by atoms with van der Waals surface area (Å²) in [5, 5.41) is 2.73. The molecule has 0 radical (unpaired) electrons. The highest BCUT2D eigenvalue weighted by Crippen LogP contribution is 2.14. The van der Waals surface area contributed by atoms with Crippen molar-refractivity contribution in [2.24, 2.45) is 7.05 Å². The van der Waals surface area contributed by atoms with Crippen LogP contribution in [0.2, 0.25) is 0 Å². The van der Waals surface area contributed by atoms with Crippen LogP contribution in [0.5, 0.6) is 0 Å². The van der Waals surface area contributed by atoms with Gasteiger partial charge in [0.05, 0.1) is 0 Å². The molecule has 2 aromatic rings. The lowest BCUT2D eigenvalue weighted by atomic mass is 10.1. The molecule has 26 heavy (non-hydrogen) atoms. The van der Waals surface area contributed by atoms with Crippen LogP contribution < -0.4 is 5.32 Å². The molecular weight excluding hydrogens is 330 g/mol. The molecule has 2 heterocycles. The lowest BCUT2D eigenvalue weighted by Crippen LogP contribution is -2.60. The van der Waals surface area contributed by atoms with Crippen molar-refractivity contribution in [2.75, 3.05) is 33.2 Å². The Bertz CT molecular complexity index is 758.